The second-order valence-electron chi connectivity index (χ2n) is 4.32. The minimum absolute atomic E-state index is 0.512. The number of benzene rings is 2. The lowest BCUT2D eigenvalue weighted by atomic mass is 10.2. The van der Waals surface area contributed by atoms with Crippen molar-refractivity contribution in [2.24, 2.45) is 0 Å². The highest BCUT2D eigenvalue weighted by Gasteiger charge is 2.14. The average Bonchev–Trinajstić information content (AvgIpc) is 2.46. The van der Waals surface area contributed by atoms with E-state index >= 15 is 0 Å². The van der Waals surface area contributed by atoms with Crippen molar-refractivity contribution >= 4 is 17.6 Å². The molecule has 0 amide bonds. The zero-order valence-corrected chi connectivity index (χ0v) is 11.7. The molecular weight excluding hydrogens is 238 g/mol. The Morgan fingerprint density at radius 1 is 0.944 bits per heavy atom. The highest BCUT2D eigenvalue weighted by Crippen LogP contribution is 2.31. The Morgan fingerprint density at radius 2 is 1.50 bits per heavy atom. The molecule has 0 spiro atoms. The third-order valence-electron chi connectivity index (χ3n) is 2.95. The fourth-order valence-electron chi connectivity index (χ4n) is 1.73. The van der Waals surface area contributed by atoms with Gasteiger partial charge in [0.05, 0.1) is 0 Å². The summed E-state index contributed by atoms with van der Waals surface area (Å²) in [5.74, 6) is 0. The summed E-state index contributed by atoms with van der Waals surface area (Å²) in [4.78, 5) is 1.28. The highest BCUT2D eigenvalue weighted by molar-refractivity contribution is 8.00. The van der Waals surface area contributed by atoms with Gasteiger partial charge < -0.3 is 4.31 Å². The fourth-order valence-corrected chi connectivity index (χ4v) is 2.79. The third kappa shape index (κ3) is 3.30. The van der Waals surface area contributed by atoms with Crippen molar-refractivity contribution in [2.45, 2.75) is 31.2 Å². The van der Waals surface area contributed by atoms with Crippen LogP contribution in [-0.4, -0.2) is 6.04 Å². The van der Waals surface area contributed by atoms with Crippen LogP contribution in [0.15, 0.2) is 65.6 Å². The second kappa shape index (κ2) is 6.50. The van der Waals surface area contributed by atoms with Crippen molar-refractivity contribution in [3.05, 3.63) is 60.7 Å². The predicted molar refractivity (Wildman–Crippen MR) is 81.0 cm³/mol. The summed E-state index contributed by atoms with van der Waals surface area (Å²) in [6.45, 7) is 4.50. The van der Waals surface area contributed by atoms with Gasteiger partial charge in [0.1, 0.15) is 0 Å². The molecule has 1 nitrogen and oxygen atoms in total. The summed E-state index contributed by atoms with van der Waals surface area (Å²) < 4.78 is 2.38. The molecule has 0 saturated heterocycles. The molecule has 2 aromatic rings. The molecular formula is C16H19NS. The smallest absolute Gasteiger partial charge is 0.0476 e. The third-order valence-corrected chi connectivity index (χ3v) is 4.20. The summed E-state index contributed by atoms with van der Waals surface area (Å²) >= 11 is 1.81. The van der Waals surface area contributed by atoms with Gasteiger partial charge in [-0.25, -0.2) is 0 Å². The number of rotatable bonds is 5. The van der Waals surface area contributed by atoms with E-state index in [0.717, 1.165) is 6.42 Å². The maximum absolute atomic E-state index is 2.38. The summed E-state index contributed by atoms with van der Waals surface area (Å²) in [5.41, 5.74) is 1.26. The van der Waals surface area contributed by atoms with E-state index in [1.807, 2.05) is 11.9 Å². The van der Waals surface area contributed by atoms with E-state index in [9.17, 15) is 0 Å². The van der Waals surface area contributed by atoms with E-state index < -0.39 is 0 Å². The molecule has 0 saturated carbocycles. The van der Waals surface area contributed by atoms with Gasteiger partial charge in [0, 0.05) is 16.6 Å². The minimum Gasteiger partial charge on any atom is -0.309 e. The Hall–Kier alpha value is -1.41. The van der Waals surface area contributed by atoms with Crippen LogP contribution < -0.4 is 4.31 Å². The molecule has 1 unspecified atom stereocenters. The summed E-state index contributed by atoms with van der Waals surface area (Å²) in [5, 5.41) is 0. The minimum atomic E-state index is 0.512. The lowest BCUT2D eigenvalue weighted by Crippen LogP contribution is -2.25. The largest absolute Gasteiger partial charge is 0.309 e. The van der Waals surface area contributed by atoms with Crippen LogP contribution in [0.5, 0.6) is 0 Å². The first-order valence-corrected chi connectivity index (χ1v) is 7.16. The Balaban J connectivity index is 2.21. The second-order valence-corrected chi connectivity index (χ2v) is 5.37. The van der Waals surface area contributed by atoms with Crippen LogP contribution in [0.2, 0.25) is 0 Å². The number of hydrogen-bond acceptors (Lipinski definition) is 2. The lowest BCUT2D eigenvalue weighted by molar-refractivity contribution is 0.720. The Kier molecular flexibility index (Phi) is 4.71. The van der Waals surface area contributed by atoms with Gasteiger partial charge in [0.25, 0.3) is 0 Å². The molecule has 94 valence electrons. The average molecular weight is 257 g/mol. The summed E-state index contributed by atoms with van der Waals surface area (Å²) in [6, 6.07) is 21.6. The first kappa shape index (κ1) is 13.0. The molecule has 2 aromatic carbocycles. The quantitative estimate of drug-likeness (QED) is 0.693. The summed E-state index contributed by atoms with van der Waals surface area (Å²) in [7, 11) is 0. The van der Waals surface area contributed by atoms with Crippen LogP contribution in [0.1, 0.15) is 20.3 Å². The first-order valence-electron chi connectivity index (χ1n) is 6.38. The molecule has 2 rings (SSSR count). The molecule has 2 heteroatoms. The van der Waals surface area contributed by atoms with Crippen LogP contribution in [0.3, 0.4) is 0 Å². The SMILES string of the molecule is CCC(C)N(Sc1ccccc1)c1ccccc1. The van der Waals surface area contributed by atoms with E-state index in [1.54, 1.807) is 0 Å². The van der Waals surface area contributed by atoms with Gasteiger partial charge >= 0.3 is 0 Å². The molecule has 0 fully saturated rings. The molecule has 0 heterocycles. The molecule has 1 atom stereocenters. The standard InChI is InChI=1S/C16H19NS/c1-3-14(2)17(15-10-6-4-7-11-15)18-16-12-8-5-9-13-16/h4-14H,3H2,1-2H3. The normalized spacial score (nSPS) is 12.1. The van der Waals surface area contributed by atoms with Gasteiger partial charge in [-0.05, 0) is 49.6 Å². The van der Waals surface area contributed by atoms with Crippen LogP contribution in [-0.2, 0) is 0 Å². The van der Waals surface area contributed by atoms with Gasteiger partial charge in [-0.3, -0.25) is 0 Å². The van der Waals surface area contributed by atoms with Gasteiger partial charge in [-0.1, -0.05) is 43.3 Å². The van der Waals surface area contributed by atoms with Crippen molar-refractivity contribution in [3.63, 3.8) is 0 Å². The number of hydrogen-bond donors (Lipinski definition) is 0. The highest BCUT2D eigenvalue weighted by atomic mass is 32.2. The van der Waals surface area contributed by atoms with Gasteiger partial charge in [-0.2, -0.15) is 0 Å². The fraction of sp³-hybridized carbons (Fsp3) is 0.250. The van der Waals surface area contributed by atoms with Crippen LogP contribution in [0.25, 0.3) is 0 Å². The molecule has 0 aliphatic carbocycles. The van der Waals surface area contributed by atoms with E-state index in [0.29, 0.717) is 6.04 Å². The summed E-state index contributed by atoms with van der Waals surface area (Å²) in [6.07, 6.45) is 1.13. The van der Waals surface area contributed by atoms with Gasteiger partial charge in [0.2, 0.25) is 0 Å². The van der Waals surface area contributed by atoms with Gasteiger partial charge in [0.15, 0.2) is 0 Å². The molecule has 18 heavy (non-hydrogen) atoms. The molecule has 0 aliphatic heterocycles. The Bertz CT molecular complexity index is 455. The zero-order valence-electron chi connectivity index (χ0n) is 10.9. The van der Waals surface area contributed by atoms with Crippen molar-refractivity contribution in [1.82, 2.24) is 0 Å². The monoisotopic (exact) mass is 257 g/mol. The van der Waals surface area contributed by atoms with Gasteiger partial charge in [-0.15, -0.1) is 0 Å². The van der Waals surface area contributed by atoms with E-state index in [2.05, 4.69) is 78.8 Å². The number of nitrogens with zero attached hydrogens (tertiary/aromatic N) is 1. The van der Waals surface area contributed by atoms with Crippen molar-refractivity contribution in [3.8, 4) is 0 Å². The van der Waals surface area contributed by atoms with Crippen molar-refractivity contribution in [1.29, 1.82) is 0 Å². The van der Waals surface area contributed by atoms with E-state index in [4.69, 9.17) is 0 Å². The molecule has 0 bridgehead atoms. The molecule has 0 radical (unpaired) electrons. The number of anilines is 1. The van der Waals surface area contributed by atoms with Crippen LogP contribution in [0.4, 0.5) is 5.69 Å². The topological polar surface area (TPSA) is 3.24 Å². The maximum Gasteiger partial charge on any atom is 0.0476 e. The van der Waals surface area contributed by atoms with Crippen LogP contribution in [0, 0.1) is 0 Å². The first-order chi connectivity index (χ1) is 8.81. The zero-order chi connectivity index (χ0) is 12.8. The van der Waals surface area contributed by atoms with E-state index in [1.165, 1.54) is 10.6 Å². The van der Waals surface area contributed by atoms with Crippen molar-refractivity contribution < 1.29 is 0 Å². The molecule has 0 aliphatic rings. The Labute approximate surface area is 114 Å². The maximum atomic E-state index is 2.38. The lowest BCUT2D eigenvalue weighted by Gasteiger charge is -2.29. The molecule has 0 N–H and O–H groups in total. The Morgan fingerprint density at radius 3 is 2.06 bits per heavy atom. The van der Waals surface area contributed by atoms with Crippen LogP contribution >= 0.6 is 11.9 Å². The van der Waals surface area contributed by atoms with Crippen molar-refractivity contribution in [2.75, 3.05) is 4.31 Å². The van der Waals surface area contributed by atoms with E-state index in [-0.39, 0.29) is 0 Å². The predicted octanol–water partition coefficient (Wildman–Crippen LogP) is 5.00. The molecule has 0 aromatic heterocycles. The number of para-hydroxylation sites is 1.